The molecule has 21 heavy (non-hydrogen) atoms. The summed E-state index contributed by atoms with van der Waals surface area (Å²) in [7, 11) is 1.95. The summed E-state index contributed by atoms with van der Waals surface area (Å²) in [5.41, 5.74) is 0.955. The fraction of sp³-hybridized carbons (Fsp3) is 0.357. The summed E-state index contributed by atoms with van der Waals surface area (Å²) in [6, 6.07) is 5.51. The molecule has 3 aromatic rings. The van der Waals surface area contributed by atoms with E-state index in [1.807, 2.05) is 24.9 Å². The first-order valence-electron chi connectivity index (χ1n) is 6.74. The van der Waals surface area contributed by atoms with E-state index in [9.17, 15) is 0 Å². The number of aryl methyl sites for hydroxylation is 1. The fourth-order valence-electron chi connectivity index (χ4n) is 1.97. The van der Waals surface area contributed by atoms with E-state index in [1.54, 1.807) is 18.4 Å². The molecule has 0 spiro atoms. The lowest BCUT2D eigenvalue weighted by Gasteiger charge is -2.11. The lowest BCUT2D eigenvalue weighted by molar-refractivity contribution is 0.245. The van der Waals surface area contributed by atoms with E-state index >= 15 is 0 Å². The van der Waals surface area contributed by atoms with Crippen LogP contribution in [0, 0.1) is 0 Å². The molecule has 0 aliphatic heterocycles. The van der Waals surface area contributed by atoms with Crippen LogP contribution < -0.4 is 0 Å². The highest BCUT2D eigenvalue weighted by atomic mass is 16.5. The van der Waals surface area contributed by atoms with Crippen LogP contribution in [0.25, 0.3) is 11.7 Å². The monoisotopic (exact) mass is 288 g/mol. The predicted octanol–water partition coefficient (Wildman–Crippen LogP) is 2.51. The quantitative estimate of drug-likeness (QED) is 0.689. The van der Waals surface area contributed by atoms with Crippen LogP contribution in [0.4, 0.5) is 0 Å². The molecule has 0 unspecified atom stereocenters. The van der Waals surface area contributed by atoms with Gasteiger partial charge in [0.05, 0.1) is 25.0 Å². The Morgan fingerprint density at radius 2 is 2.14 bits per heavy atom. The van der Waals surface area contributed by atoms with Gasteiger partial charge in [-0.05, 0) is 25.6 Å². The maximum Gasteiger partial charge on any atom is 0.283 e. The highest BCUT2D eigenvalue weighted by molar-refractivity contribution is 5.42. The van der Waals surface area contributed by atoms with Gasteiger partial charge in [-0.3, -0.25) is 4.90 Å². The van der Waals surface area contributed by atoms with Gasteiger partial charge in [0, 0.05) is 6.07 Å². The lowest BCUT2D eigenvalue weighted by atomic mass is 10.3. The summed E-state index contributed by atoms with van der Waals surface area (Å²) in [5.74, 6) is 2.30. The summed E-state index contributed by atoms with van der Waals surface area (Å²) in [6.45, 7) is 3.20. The zero-order valence-electron chi connectivity index (χ0n) is 11.9. The van der Waals surface area contributed by atoms with E-state index in [-0.39, 0.29) is 0 Å². The number of aromatic nitrogens is 3. The van der Waals surface area contributed by atoms with Crippen LogP contribution in [-0.4, -0.2) is 27.3 Å². The van der Waals surface area contributed by atoms with Gasteiger partial charge in [0.2, 0.25) is 5.89 Å². The molecule has 3 heterocycles. The number of rotatable bonds is 6. The standard InChI is InChI=1S/C14H16N4O3/c1-3-10-7-11(21-17-10)8-18(2)9-13-15-16-14(20-13)12-5-4-6-19-12/h4-7H,3,8-9H2,1-2H3. The van der Waals surface area contributed by atoms with Crippen LogP contribution in [0.2, 0.25) is 0 Å². The van der Waals surface area contributed by atoms with Gasteiger partial charge in [0.25, 0.3) is 5.89 Å². The van der Waals surface area contributed by atoms with Crippen LogP contribution in [-0.2, 0) is 19.5 Å². The molecule has 0 amide bonds. The summed E-state index contributed by atoms with van der Waals surface area (Å²) >= 11 is 0. The molecule has 7 nitrogen and oxygen atoms in total. The van der Waals surface area contributed by atoms with Gasteiger partial charge in [-0.2, -0.15) is 0 Å². The maximum absolute atomic E-state index is 5.56. The van der Waals surface area contributed by atoms with Crippen LogP contribution in [0.1, 0.15) is 24.3 Å². The van der Waals surface area contributed by atoms with Gasteiger partial charge < -0.3 is 13.4 Å². The Kier molecular flexibility index (Phi) is 3.83. The molecule has 0 N–H and O–H groups in total. The fourth-order valence-corrected chi connectivity index (χ4v) is 1.97. The minimum Gasteiger partial charge on any atom is -0.459 e. The molecule has 0 saturated carbocycles. The SMILES string of the molecule is CCc1cc(CN(C)Cc2nnc(-c3ccco3)o2)on1. The molecule has 110 valence electrons. The molecule has 7 heteroatoms. The molecular formula is C14H16N4O3. The number of hydrogen-bond acceptors (Lipinski definition) is 7. The average Bonchev–Trinajstić information content (AvgIpc) is 3.19. The normalized spacial score (nSPS) is 11.4. The van der Waals surface area contributed by atoms with Gasteiger partial charge in [-0.15, -0.1) is 10.2 Å². The first-order chi connectivity index (χ1) is 10.2. The van der Waals surface area contributed by atoms with E-state index in [0.717, 1.165) is 17.9 Å². The molecule has 3 rings (SSSR count). The smallest absolute Gasteiger partial charge is 0.283 e. The molecule has 0 atom stereocenters. The largest absolute Gasteiger partial charge is 0.459 e. The Labute approximate surface area is 121 Å². The number of furan rings is 1. The van der Waals surface area contributed by atoms with Crippen molar-refractivity contribution in [2.75, 3.05) is 7.05 Å². The molecule has 0 bridgehead atoms. The zero-order chi connectivity index (χ0) is 14.7. The summed E-state index contributed by atoms with van der Waals surface area (Å²) in [4.78, 5) is 2.01. The van der Waals surface area contributed by atoms with Gasteiger partial charge >= 0.3 is 0 Å². The van der Waals surface area contributed by atoms with Crippen molar-refractivity contribution in [3.63, 3.8) is 0 Å². The van der Waals surface area contributed by atoms with Crippen molar-refractivity contribution in [3.8, 4) is 11.7 Å². The molecular weight excluding hydrogens is 272 g/mol. The van der Waals surface area contributed by atoms with Crippen molar-refractivity contribution in [2.45, 2.75) is 26.4 Å². The summed E-state index contributed by atoms with van der Waals surface area (Å²) in [5, 5.41) is 11.9. The summed E-state index contributed by atoms with van der Waals surface area (Å²) in [6.07, 6.45) is 2.43. The van der Waals surface area contributed by atoms with Gasteiger partial charge in [-0.1, -0.05) is 12.1 Å². The molecule has 0 aliphatic carbocycles. The zero-order valence-corrected chi connectivity index (χ0v) is 11.9. The lowest BCUT2D eigenvalue weighted by Crippen LogP contribution is -2.17. The topological polar surface area (TPSA) is 81.3 Å². The van der Waals surface area contributed by atoms with Gasteiger partial charge in [-0.25, -0.2) is 0 Å². The third-order valence-electron chi connectivity index (χ3n) is 3.00. The Bertz CT molecular complexity index is 687. The molecule has 0 aliphatic rings. The number of nitrogens with zero attached hydrogens (tertiary/aromatic N) is 4. The highest BCUT2D eigenvalue weighted by Crippen LogP contribution is 2.18. The van der Waals surface area contributed by atoms with Crippen molar-refractivity contribution in [1.82, 2.24) is 20.3 Å². The van der Waals surface area contributed by atoms with E-state index in [0.29, 0.717) is 30.6 Å². The van der Waals surface area contributed by atoms with E-state index < -0.39 is 0 Å². The third kappa shape index (κ3) is 3.19. The maximum atomic E-state index is 5.56. The van der Waals surface area contributed by atoms with Crippen LogP contribution >= 0.6 is 0 Å². The minimum atomic E-state index is 0.385. The molecule has 0 fully saturated rings. The van der Waals surface area contributed by atoms with Crippen molar-refractivity contribution >= 4 is 0 Å². The van der Waals surface area contributed by atoms with E-state index in [2.05, 4.69) is 15.4 Å². The van der Waals surface area contributed by atoms with Crippen molar-refractivity contribution in [1.29, 1.82) is 0 Å². The van der Waals surface area contributed by atoms with E-state index in [4.69, 9.17) is 13.4 Å². The Morgan fingerprint density at radius 1 is 1.24 bits per heavy atom. The Balaban J connectivity index is 1.61. The van der Waals surface area contributed by atoms with Crippen LogP contribution in [0.15, 0.2) is 37.8 Å². The first kappa shape index (κ1) is 13.6. The van der Waals surface area contributed by atoms with Gasteiger partial charge in [0.1, 0.15) is 0 Å². The van der Waals surface area contributed by atoms with Crippen LogP contribution in [0.3, 0.4) is 0 Å². The van der Waals surface area contributed by atoms with Crippen molar-refractivity contribution < 1.29 is 13.4 Å². The first-order valence-corrected chi connectivity index (χ1v) is 6.74. The second-order valence-electron chi connectivity index (χ2n) is 4.79. The Morgan fingerprint density at radius 3 is 2.86 bits per heavy atom. The second-order valence-corrected chi connectivity index (χ2v) is 4.79. The van der Waals surface area contributed by atoms with E-state index in [1.165, 1.54) is 0 Å². The molecule has 0 radical (unpaired) electrons. The summed E-state index contributed by atoms with van der Waals surface area (Å²) < 4.78 is 16.0. The average molecular weight is 288 g/mol. The van der Waals surface area contributed by atoms with Gasteiger partial charge in [0.15, 0.2) is 11.5 Å². The second kappa shape index (κ2) is 5.92. The highest BCUT2D eigenvalue weighted by Gasteiger charge is 2.13. The molecule has 0 saturated heterocycles. The minimum absolute atomic E-state index is 0.385. The molecule has 0 aromatic carbocycles. The number of hydrogen-bond donors (Lipinski definition) is 0. The van der Waals surface area contributed by atoms with Crippen molar-refractivity contribution in [2.24, 2.45) is 0 Å². The Hall–Kier alpha value is -2.41. The predicted molar refractivity (Wildman–Crippen MR) is 73.1 cm³/mol. The van der Waals surface area contributed by atoms with Crippen molar-refractivity contribution in [3.05, 3.63) is 41.8 Å². The molecule has 3 aromatic heterocycles. The van der Waals surface area contributed by atoms with Crippen LogP contribution in [0.5, 0.6) is 0 Å². The third-order valence-corrected chi connectivity index (χ3v) is 3.00.